The number of hydrogen-bond donors (Lipinski definition) is 0. The number of nitrogens with zero attached hydrogens (tertiary/aromatic N) is 5. The van der Waals surface area contributed by atoms with Crippen LogP contribution in [0.1, 0.15) is 51.4 Å². The average Bonchev–Trinajstić information content (AvgIpc) is 3.44. The number of likely N-dealkylation sites (tertiary alicyclic amines) is 1. The first-order chi connectivity index (χ1) is 22.0. The molecule has 1 aliphatic heterocycles. The second kappa shape index (κ2) is 12.2. The lowest BCUT2D eigenvalue weighted by Gasteiger charge is -2.29. The van der Waals surface area contributed by atoms with E-state index in [1.807, 2.05) is 44.2 Å². The molecule has 6 rings (SSSR count). The number of benzene rings is 3. The van der Waals surface area contributed by atoms with Gasteiger partial charge in [0.1, 0.15) is 0 Å². The van der Waals surface area contributed by atoms with Crippen LogP contribution in [0.3, 0.4) is 0 Å². The summed E-state index contributed by atoms with van der Waals surface area (Å²) in [4.78, 5) is 21.5. The van der Waals surface area contributed by atoms with Gasteiger partial charge in [0.2, 0.25) is 0 Å². The SMILES string of the molecule is Cc1ccc(S(=O)(=O)n2cc(-c3ccc(C(=O)N(C)C)c(C)c3)c3cc(-c4ccc(C5CCN(C)CC5)c(C#N)c4)cnc32)cc1. The molecular weight excluding hydrogens is 595 g/mol. The van der Waals surface area contributed by atoms with Gasteiger partial charge < -0.3 is 9.80 Å². The number of fused-ring (bicyclic) bond motifs is 1. The maximum absolute atomic E-state index is 14.0. The third kappa shape index (κ3) is 5.70. The molecule has 46 heavy (non-hydrogen) atoms. The Hall–Kier alpha value is -4.78. The second-order valence-corrected chi connectivity index (χ2v) is 14.3. The largest absolute Gasteiger partial charge is 0.345 e. The highest BCUT2D eigenvalue weighted by atomic mass is 32.2. The summed E-state index contributed by atoms with van der Waals surface area (Å²) in [6.07, 6.45) is 5.32. The van der Waals surface area contributed by atoms with Crippen LogP contribution in [0.4, 0.5) is 0 Å². The molecule has 0 aliphatic carbocycles. The van der Waals surface area contributed by atoms with Crippen molar-refractivity contribution in [1.82, 2.24) is 18.8 Å². The third-order valence-corrected chi connectivity index (χ3v) is 10.7. The lowest BCUT2D eigenvalue weighted by atomic mass is 9.85. The number of aromatic nitrogens is 2. The average molecular weight is 632 g/mol. The van der Waals surface area contributed by atoms with Gasteiger partial charge in [-0.3, -0.25) is 4.79 Å². The Labute approximate surface area is 270 Å². The number of rotatable bonds is 6. The highest BCUT2D eigenvalue weighted by Crippen LogP contribution is 2.37. The van der Waals surface area contributed by atoms with Gasteiger partial charge in [-0.05, 0) is 105 Å². The minimum atomic E-state index is -3.98. The molecule has 3 heterocycles. The van der Waals surface area contributed by atoms with E-state index in [0.717, 1.165) is 59.3 Å². The number of aryl methyl sites for hydroxylation is 2. The molecule has 9 heteroatoms. The van der Waals surface area contributed by atoms with Crippen molar-refractivity contribution in [1.29, 1.82) is 5.26 Å². The van der Waals surface area contributed by atoms with Crippen LogP contribution in [0.25, 0.3) is 33.3 Å². The van der Waals surface area contributed by atoms with Crippen molar-refractivity contribution in [3.63, 3.8) is 0 Å². The quantitative estimate of drug-likeness (QED) is 0.209. The van der Waals surface area contributed by atoms with E-state index in [2.05, 4.69) is 24.1 Å². The highest BCUT2D eigenvalue weighted by molar-refractivity contribution is 7.90. The zero-order valence-electron chi connectivity index (χ0n) is 26.8. The number of amides is 1. The van der Waals surface area contributed by atoms with E-state index in [4.69, 9.17) is 4.98 Å². The van der Waals surface area contributed by atoms with Crippen LogP contribution in [0, 0.1) is 25.2 Å². The van der Waals surface area contributed by atoms with Crippen LogP contribution in [0.15, 0.2) is 84.0 Å². The Morgan fingerprint density at radius 1 is 0.935 bits per heavy atom. The lowest BCUT2D eigenvalue weighted by molar-refractivity contribution is 0.0827. The van der Waals surface area contributed by atoms with E-state index in [-0.39, 0.29) is 10.8 Å². The van der Waals surface area contributed by atoms with Crippen molar-refractivity contribution in [2.24, 2.45) is 0 Å². The van der Waals surface area contributed by atoms with Crippen molar-refractivity contribution in [3.05, 3.63) is 107 Å². The number of pyridine rings is 1. The second-order valence-electron chi connectivity index (χ2n) is 12.5. The van der Waals surface area contributed by atoms with Gasteiger partial charge >= 0.3 is 0 Å². The molecular formula is C37H37N5O3S. The Bertz CT molecular complexity index is 2120. The summed E-state index contributed by atoms with van der Waals surface area (Å²) in [5.41, 5.74) is 7.42. The first-order valence-corrected chi connectivity index (χ1v) is 16.8. The Balaban J connectivity index is 1.50. The molecule has 0 saturated carbocycles. The Kier molecular flexibility index (Phi) is 8.28. The molecule has 1 amide bonds. The molecule has 0 N–H and O–H groups in total. The summed E-state index contributed by atoms with van der Waals surface area (Å²) in [5, 5.41) is 10.8. The van der Waals surface area contributed by atoms with Crippen molar-refractivity contribution < 1.29 is 13.2 Å². The standard InChI is InChI=1S/C37H37N5O3S/c1-24-6-10-31(11-7-24)46(44,45)42-23-35(28-9-12-32(25(2)18-28)37(43)40(3)4)34-20-30(22-39-36(34)42)27-8-13-33(29(19-27)21-38)26-14-16-41(5)17-15-26/h6-13,18-20,22-23,26H,14-17H2,1-5H3. The fourth-order valence-electron chi connectivity index (χ4n) is 6.29. The molecule has 0 radical (unpaired) electrons. The third-order valence-electron chi connectivity index (χ3n) is 9.03. The predicted octanol–water partition coefficient (Wildman–Crippen LogP) is 6.61. The molecule has 1 fully saturated rings. The maximum atomic E-state index is 14.0. The topological polar surface area (TPSA) is 99.3 Å². The minimum absolute atomic E-state index is 0.102. The summed E-state index contributed by atoms with van der Waals surface area (Å²) >= 11 is 0. The summed E-state index contributed by atoms with van der Waals surface area (Å²) in [6, 6.07) is 22.7. The molecule has 8 nitrogen and oxygen atoms in total. The number of carbonyl (C=O) groups is 1. The fourth-order valence-corrected chi connectivity index (χ4v) is 7.62. The molecule has 234 valence electrons. The van der Waals surface area contributed by atoms with E-state index in [1.165, 1.54) is 8.87 Å². The van der Waals surface area contributed by atoms with Gasteiger partial charge in [0, 0.05) is 48.6 Å². The zero-order chi connectivity index (χ0) is 32.7. The van der Waals surface area contributed by atoms with Gasteiger partial charge in [-0.1, -0.05) is 42.0 Å². The van der Waals surface area contributed by atoms with E-state index in [9.17, 15) is 18.5 Å². The normalized spacial score (nSPS) is 14.3. The van der Waals surface area contributed by atoms with Crippen LogP contribution in [0.2, 0.25) is 0 Å². The number of nitriles is 1. The summed E-state index contributed by atoms with van der Waals surface area (Å²) in [5.74, 6) is 0.244. The predicted molar refractivity (Wildman–Crippen MR) is 181 cm³/mol. The fraction of sp³-hybridized carbons (Fsp3) is 0.270. The molecule has 1 saturated heterocycles. The maximum Gasteiger partial charge on any atom is 0.269 e. The molecule has 0 bridgehead atoms. The number of hydrogen-bond acceptors (Lipinski definition) is 6. The van der Waals surface area contributed by atoms with Crippen LogP contribution in [-0.2, 0) is 10.0 Å². The van der Waals surface area contributed by atoms with Crippen LogP contribution in [0.5, 0.6) is 0 Å². The van der Waals surface area contributed by atoms with Crippen LogP contribution < -0.4 is 0 Å². The molecule has 5 aromatic rings. The summed E-state index contributed by atoms with van der Waals surface area (Å²) in [6.45, 7) is 5.80. The smallest absolute Gasteiger partial charge is 0.269 e. The van der Waals surface area contributed by atoms with Gasteiger partial charge in [-0.2, -0.15) is 5.26 Å². The minimum Gasteiger partial charge on any atom is -0.345 e. The monoisotopic (exact) mass is 631 g/mol. The molecule has 0 atom stereocenters. The molecule has 0 spiro atoms. The van der Waals surface area contributed by atoms with E-state index in [1.54, 1.807) is 56.8 Å². The first kappa shape index (κ1) is 31.2. The van der Waals surface area contributed by atoms with Crippen molar-refractivity contribution >= 4 is 27.0 Å². The van der Waals surface area contributed by atoms with Gasteiger partial charge in [0.15, 0.2) is 5.65 Å². The zero-order valence-corrected chi connectivity index (χ0v) is 27.6. The van der Waals surface area contributed by atoms with Gasteiger partial charge in [-0.25, -0.2) is 17.4 Å². The summed E-state index contributed by atoms with van der Waals surface area (Å²) in [7, 11) is 1.57. The molecule has 0 unspecified atom stereocenters. The van der Waals surface area contributed by atoms with Crippen molar-refractivity contribution in [2.75, 3.05) is 34.2 Å². The van der Waals surface area contributed by atoms with Crippen LogP contribution >= 0.6 is 0 Å². The van der Waals surface area contributed by atoms with E-state index in [0.29, 0.717) is 33.6 Å². The number of carbonyl (C=O) groups excluding carboxylic acids is 1. The molecule has 1 aliphatic rings. The van der Waals surface area contributed by atoms with Crippen LogP contribution in [-0.4, -0.2) is 67.3 Å². The van der Waals surface area contributed by atoms with E-state index < -0.39 is 10.0 Å². The Morgan fingerprint density at radius 2 is 1.63 bits per heavy atom. The highest BCUT2D eigenvalue weighted by Gasteiger charge is 2.25. The van der Waals surface area contributed by atoms with E-state index >= 15 is 0 Å². The van der Waals surface area contributed by atoms with Gasteiger partial charge in [0.25, 0.3) is 15.9 Å². The number of piperidine rings is 1. The Morgan fingerprint density at radius 3 is 2.28 bits per heavy atom. The van der Waals surface area contributed by atoms with Gasteiger partial charge in [-0.15, -0.1) is 0 Å². The lowest BCUT2D eigenvalue weighted by Crippen LogP contribution is -2.29. The van der Waals surface area contributed by atoms with Gasteiger partial charge in [0.05, 0.1) is 16.5 Å². The summed E-state index contributed by atoms with van der Waals surface area (Å²) < 4.78 is 29.2. The molecule has 3 aromatic carbocycles. The molecule has 2 aromatic heterocycles. The first-order valence-electron chi connectivity index (χ1n) is 15.4. The van der Waals surface area contributed by atoms with Crippen molar-refractivity contribution in [2.45, 2.75) is 37.5 Å². The van der Waals surface area contributed by atoms with Crippen molar-refractivity contribution in [3.8, 4) is 28.3 Å².